The minimum absolute atomic E-state index is 0.250. The van der Waals surface area contributed by atoms with Gasteiger partial charge >= 0.3 is 6.09 Å². The predicted octanol–water partition coefficient (Wildman–Crippen LogP) is 1.62. The Morgan fingerprint density at radius 2 is 1.93 bits per heavy atom. The maximum absolute atomic E-state index is 10.9. The van der Waals surface area contributed by atoms with Crippen LogP contribution in [0.4, 0.5) is 4.79 Å². The molecule has 0 unspecified atom stereocenters. The van der Waals surface area contributed by atoms with Crippen LogP contribution >= 0.6 is 0 Å². The van der Waals surface area contributed by atoms with Gasteiger partial charge in [0.15, 0.2) is 0 Å². The third kappa shape index (κ3) is 17.0. The Bertz CT molecular complexity index is 163. The number of amides is 1. The summed E-state index contributed by atoms with van der Waals surface area (Å²) < 4.78 is 4.99. The summed E-state index contributed by atoms with van der Waals surface area (Å²) in [5, 5.41) is 9.52. The lowest BCUT2D eigenvalue weighted by atomic mass is 10.2. The van der Waals surface area contributed by atoms with E-state index in [1.54, 1.807) is 0 Å². The molecular formula is C9H19NO4. The molecule has 0 rings (SSSR count). The molecule has 0 heterocycles. The van der Waals surface area contributed by atoms with E-state index in [4.69, 9.17) is 14.6 Å². The van der Waals surface area contributed by atoms with E-state index in [0.717, 1.165) is 6.42 Å². The van der Waals surface area contributed by atoms with Gasteiger partial charge in [-0.3, -0.25) is 4.79 Å². The van der Waals surface area contributed by atoms with Gasteiger partial charge in [-0.2, -0.15) is 0 Å². The molecule has 0 aliphatic heterocycles. The van der Waals surface area contributed by atoms with Gasteiger partial charge in [-0.25, -0.2) is 4.79 Å². The molecule has 0 atom stereocenters. The molecule has 0 aromatic rings. The lowest BCUT2D eigenvalue weighted by Gasteiger charge is -2.19. The van der Waals surface area contributed by atoms with Crippen LogP contribution in [0, 0.1) is 0 Å². The topological polar surface area (TPSA) is 75.6 Å². The SMILES string of the molecule is CCCNC(=O)OC(C)(C)C.O=CO. The van der Waals surface area contributed by atoms with Crippen molar-refractivity contribution >= 4 is 12.6 Å². The van der Waals surface area contributed by atoms with Crippen molar-refractivity contribution in [2.24, 2.45) is 0 Å². The van der Waals surface area contributed by atoms with Crippen LogP contribution in [0.2, 0.25) is 0 Å². The molecule has 0 spiro atoms. The van der Waals surface area contributed by atoms with Crippen molar-refractivity contribution in [1.29, 1.82) is 0 Å². The van der Waals surface area contributed by atoms with Crippen LogP contribution in [-0.4, -0.2) is 29.8 Å². The van der Waals surface area contributed by atoms with Crippen LogP contribution in [0.5, 0.6) is 0 Å². The Balaban J connectivity index is 0. The van der Waals surface area contributed by atoms with Crippen LogP contribution in [0.1, 0.15) is 34.1 Å². The number of carbonyl (C=O) groups excluding carboxylic acids is 1. The maximum Gasteiger partial charge on any atom is 0.407 e. The monoisotopic (exact) mass is 205 g/mol. The molecule has 2 N–H and O–H groups in total. The van der Waals surface area contributed by atoms with Crippen LogP contribution in [0.15, 0.2) is 0 Å². The van der Waals surface area contributed by atoms with Crippen molar-refractivity contribution in [3.05, 3.63) is 0 Å². The number of nitrogens with one attached hydrogen (secondary N) is 1. The molecule has 14 heavy (non-hydrogen) atoms. The number of hydrogen-bond acceptors (Lipinski definition) is 3. The third-order valence-corrected chi connectivity index (χ3v) is 0.918. The van der Waals surface area contributed by atoms with Crippen LogP contribution in [0.25, 0.3) is 0 Å². The molecule has 0 aliphatic rings. The van der Waals surface area contributed by atoms with E-state index in [-0.39, 0.29) is 12.6 Å². The molecule has 5 nitrogen and oxygen atoms in total. The lowest BCUT2D eigenvalue weighted by Crippen LogP contribution is -2.32. The fourth-order valence-corrected chi connectivity index (χ4v) is 0.541. The summed E-state index contributed by atoms with van der Waals surface area (Å²) in [4.78, 5) is 19.2. The van der Waals surface area contributed by atoms with Gasteiger partial charge in [-0.1, -0.05) is 6.92 Å². The van der Waals surface area contributed by atoms with Gasteiger partial charge in [-0.05, 0) is 27.2 Å². The smallest absolute Gasteiger partial charge is 0.407 e. The summed E-state index contributed by atoms with van der Waals surface area (Å²) in [5.41, 5.74) is -0.391. The van der Waals surface area contributed by atoms with E-state index < -0.39 is 5.60 Å². The standard InChI is InChI=1S/C8H17NO2.CH2O2/c1-5-6-9-7(10)11-8(2,3)4;2-1-3/h5-6H2,1-4H3,(H,9,10);1H,(H,2,3). The van der Waals surface area contributed by atoms with E-state index in [1.807, 2.05) is 27.7 Å². The highest BCUT2D eigenvalue weighted by atomic mass is 16.6. The Kier molecular flexibility index (Phi) is 9.07. The second-order valence-electron chi connectivity index (χ2n) is 3.53. The highest BCUT2D eigenvalue weighted by Crippen LogP contribution is 2.05. The van der Waals surface area contributed by atoms with Crippen LogP contribution in [-0.2, 0) is 9.53 Å². The van der Waals surface area contributed by atoms with Crippen LogP contribution in [0.3, 0.4) is 0 Å². The number of carboxylic acid groups (broad SMARTS) is 1. The van der Waals surface area contributed by atoms with Crippen molar-refractivity contribution in [2.75, 3.05) is 6.54 Å². The van der Waals surface area contributed by atoms with E-state index in [2.05, 4.69) is 5.32 Å². The number of alkyl carbamates (subject to hydrolysis) is 1. The molecule has 0 aliphatic carbocycles. The first-order chi connectivity index (χ1) is 6.37. The molecule has 84 valence electrons. The van der Waals surface area contributed by atoms with Gasteiger partial charge in [0.2, 0.25) is 0 Å². The fraction of sp³-hybridized carbons (Fsp3) is 0.778. The second-order valence-corrected chi connectivity index (χ2v) is 3.53. The largest absolute Gasteiger partial charge is 0.483 e. The van der Waals surface area contributed by atoms with Gasteiger partial charge in [0.25, 0.3) is 6.47 Å². The fourth-order valence-electron chi connectivity index (χ4n) is 0.541. The van der Waals surface area contributed by atoms with Crippen molar-refractivity contribution in [3.63, 3.8) is 0 Å². The number of hydrogen-bond donors (Lipinski definition) is 2. The Morgan fingerprint density at radius 1 is 1.50 bits per heavy atom. The summed E-state index contributed by atoms with van der Waals surface area (Å²) in [6.07, 6.45) is 0.596. The number of rotatable bonds is 2. The molecule has 0 aromatic heterocycles. The van der Waals surface area contributed by atoms with E-state index in [0.29, 0.717) is 6.54 Å². The summed E-state index contributed by atoms with van der Waals surface area (Å²) in [5.74, 6) is 0. The molecule has 1 amide bonds. The zero-order valence-electron chi connectivity index (χ0n) is 9.16. The molecule has 0 bridgehead atoms. The highest BCUT2D eigenvalue weighted by molar-refractivity contribution is 5.67. The van der Waals surface area contributed by atoms with Crippen molar-refractivity contribution in [3.8, 4) is 0 Å². The van der Waals surface area contributed by atoms with Gasteiger partial charge < -0.3 is 15.2 Å². The number of carbonyl (C=O) groups is 2. The van der Waals surface area contributed by atoms with Gasteiger partial charge in [0, 0.05) is 6.54 Å². The second kappa shape index (κ2) is 8.34. The average molecular weight is 205 g/mol. The normalized spacial score (nSPS) is 9.43. The molecule has 0 saturated heterocycles. The highest BCUT2D eigenvalue weighted by Gasteiger charge is 2.14. The quantitative estimate of drug-likeness (QED) is 0.672. The molecule has 0 aromatic carbocycles. The average Bonchev–Trinajstić information content (AvgIpc) is 1.99. The Labute approximate surface area is 84.4 Å². The van der Waals surface area contributed by atoms with Gasteiger partial charge in [0.05, 0.1) is 0 Å². The van der Waals surface area contributed by atoms with E-state index >= 15 is 0 Å². The summed E-state index contributed by atoms with van der Waals surface area (Å²) in [6, 6.07) is 0. The molecular weight excluding hydrogens is 186 g/mol. The van der Waals surface area contributed by atoms with Crippen molar-refractivity contribution in [1.82, 2.24) is 5.32 Å². The number of ether oxygens (including phenoxy) is 1. The maximum atomic E-state index is 10.9. The first kappa shape index (κ1) is 15.2. The molecule has 0 saturated carbocycles. The Morgan fingerprint density at radius 3 is 2.21 bits per heavy atom. The first-order valence-corrected chi connectivity index (χ1v) is 4.42. The zero-order chi connectivity index (χ0) is 11.6. The minimum Gasteiger partial charge on any atom is -0.483 e. The van der Waals surface area contributed by atoms with Crippen LogP contribution < -0.4 is 5.32 Å². The molecule has 0 radical (unpaired) electrons. The summed E-state index contributed by atoms with van der Waals surface area (Å²) >= 11 is 0. The summed E-state index contributed by atoms with van der Waals surface area (Å²) in [7, 11) is 0. The first-order valence-electron chi connectivity index (χ1n) is 4.42. The van der Waals surface area contributed by atoms with E-state index in [1.165, 1.54) is 0 Å². The minimum atomic E-state index is -0.391. The van der Waals surface area contributed by atoms with Crippen molar-refractivity contribution in [2.45, 2.75) is 39.7 Å². The van der Waals surface area contributed by atoms with Gasteiger partial charge in [-0.15, -0.1) is 0 Å². The molecule has 5 heteroatoms. The van der Waals surface area contributed by atoms with E-state index in [9.17, 15) is 4.79 Å². The third-order valence-electron chi connectivity index (χ3n) is 0.918. The zero-order valence-corrected chi connectivity index (χ0v) is 9.16. The van der Waals surface area contributed by atoms with Gasteiger partial charge in [0.1, 0.15) is 5.60 Å². The summed E-state index contributed by atoms with van der Waals surface area (Å²) in [6.45, 7) is 7.96. The van der Waals surface area contributed by atoms with Crippen molar-refractivity contribution < 1.29 is 19.4 Å². The molecule has 0 fully saturated rings. The Hall–Kier alpha value is -1.26. The lowest BCUT2D eigenvalue weighted by molar-refractivity contribution is -0.122. The predicted molar refractivity (Wildman–Crippen MR) is 53.2 cm³/mol.